The number of hydrogen-bond acceptors (Lipinski definition) is 4. The normalized spacial score (nSPS) is 26.7. The molecule has 3 atom stereocenters. The first-order valence-electron chi connectivity index (χ1n) is 12.6. The zero-order valence-corrected chi connectivity index (χ0v) is 20.2. The van der Waals surface area contributed by atoms with Crippen molar-refractivity contribution in [1.82, 2.24) is 10.2 Å². The Morgan fingerprint density at radius 2 is 1.91 bits per heavy atom. The van der Waals surface area contributed by atoms with Crippen molar-refractivity contribution in [1.29, 1.82) is 0 Å². The van der Waals surface area contributed by atoms with Gasteiger partial charge < -0.3 is 15.4 Å². The van der Waals surface area contributed by atoms with Crippen LogP contribution in [0.2, 0.25) is 0 Å². The summed E-state index contributed by atoms with van der Waals surface area (Å²) < 4.78 is 5.35. The Hall–Kier alpha value is -2.86. The van der Waals surface area contributed by atoms with Gasteiger partial charge in [0.25, 0.3) is 0 Å². The summed E-state index contributed by atoms with van der Waals surface area (Å²) in [6.07, 6.45) is 7.57. The number of hydrogen-bond donors (Lipinski definition) is 2. The molecule has 2 N–H and O–H groups in total. The van der Waals surface area contributed by atoms with E-state index < -0.39 is 0 Å². The van der Waals surface area contributed by atoms with Gasteiger partial charge in [-0.05, 0) is 86.8 Å². The fraction of sp³-hybridized carbons (Fsp3) is 0.500. The second-order valence-corrected chi connectivity index (χ2v) is 10.2. The van der Waals surface area contributed by atoms with E-state index in [0.29, 0.717) is 13.0 Å². The van der Waals surface area contributed by atoms with Crippen molar-refractivity contribution >= 4 is 17.5 Å². The monoisotopic (exact) mass is 461 g/mol. The van der Waals surface area contributed by atoms with E-state index in [0.717, 1.165) is 49.1 Å². The molecule has 2 heterocycles. The van der Waals surface area contributed by atoms with Gasteiger partial charge in [-0.15, -0.1) is 0 Å². The van der Waals surface area contributed by atoms with Crippen molar-refractivity contribution in [2.24, 2.45) is 0 Å². The Labute approximate surface area is 202 Å². The lowest BCUT2D eigenvalue weighted by molar-refractivity contribution is -0.122. The number of methoxy groups -OCH3 is 1. The lowest BCUT2D eigenvalue weighted by Gasteiger charge is -2.35. The van der Waals surface area contributed by atoms with Gasteiger partial charge in [0, 0.05) is 24.2 Å². The molecule has 2 amide bonds. The fourth-order valence-electron chi connectivity index (χ4n) is 6.30. The first kappa shape index (κ1) is 22.9. The third-order valence-electron chi connectivity index (χ3n) is 7.96. The van der Waals surface area contributed by atoms with Crippen LogP contribution >= 0.6 is 0 Å². The van der Waals surface area contributed by atoms with E-state index in [1.165, 1.54) is 24.0 Å². The summed E-state index contributed by atoms with van der Waals surface area (Å²) in [6.45, 7) is 2.44. The number of benzene rings is 2. The molecule has 2 aromatic carbocycles. The van der Waals surface area contributed by atoms with Crippen molar-refractivity contribution in [2.75, 3.05) is 19.0 Å². The molecule has 0 spiro atoms. The highest BCUT2D eigenvalue weighted by Crippen LogP contribution is 2.45. The van der Waals surface area contributed by atoms with Crippen LogP contribution in [0.25, 0.3) is 0 Å². The summed E-state index contributed by atoms with van der Waals surface area (Å²) in [5.41, 5.74) is 4.40. The number of carbonyl (C=O) groups is 2. The average Bonchev–Trinajstić information content (AvgIpc) is 3.00. The highest BCUT2D eigenvalue weighted by molar-refractivity contribution is 5.93. The third-order valence-corrected chi connectivity index (χ3v) is 7.96. The lowest BCUT2D eigenvalue weighted by Crippen LogP contribution is -2.53. The van der Waals surface area contributed by atoms with Crippen molar-refractivity contribution in [3.05, 3.63) is 59.2 Å². The van der Waals surface area contributed by atoms with E-state index in [4.69, 9.17) is 4.74 Å². The molecule has 0 unspecified atom stereocenters. The molecule has 0 saturated carbocycles. The average molecular weight is 462 g/mol. The molecule has 6 heteroatoms. The molecule has 2 saturated heterocycles. The molecule has 2 fully saturated rings. The SMILES string of the molecule is COc1ccc([C@@H]2C[C@]3(C)NC(=O)CCC[C@@H]3N2CC(=O)Nc2cccc3c2CCCC3)cc1. The standard InChI is InChI=1S/C28H35N3O3/c1-28-17-24(20-13-15-21(34-2)16-14-20)31(25(28)11-6-12-26(32)30-28)18-27(33)29-23-10-5-8-19-7-3-4-9-22(19)23/h5,8,10,13-16,24-25H,3-4,6-7,9,11-12,17-18H2,1-2H3,(H,29,33)(H,30,32)/t24-,25-,28-/m0/s1. The number of fused-ring (bicyclic) bond motifs is 2. The molecule has 0 bridgehead atoms. The molecule has 6 nitrogen and oxygen atoms in total. The molecule has 1 aliphatic carbocycles. The van der Waals surface area contributed by atoms with E-state index in [1.54, 1.807) is 7.11 Å². The van der Waals surface area contributed by atoms with Gasteiger partial charge in [-0.25, -0.2) is 0 Å². The molecule has 2 aromatic rings. The highest BCUT2D eigenvalue weighted by Gasteiger charge is 2.51. The maximum atomic E-state index is 13.4. The van der Waals surface area contributed by atoms with E-state index in [9.17, 15) is 9.59 Å². The van der Waals surface area contributed by atoms with Crippen LogP contribution < -0.4 is 15.4 Å². The Morgan fingerprint density at radius 1 is 1.12 bits per heavy atom. The van der Waals surface area contributed by atoms with Crippen LogP contribution in [0, 0.1) is 0 Å². The van der Waals surface area contributed by atoms with Crippen LogP contribution in [0.15, 0.2) is 42.5 Å². The summed E-state index contributed by atoms with van der Waals surface area (Å²) in [5.74, 6) is 0.937. The van der Waals surface area contributed by atoms with E-state index in [2.05, 4.69) is 40.7 Å². The molecular formula is C28H35N3O3. The number of likely N-dealkylation sites (tertiary alicyclic amines) is 1. The molecule has 2 aliphatic heterocycles. The summed E-state index contributed by atoms with van der Waals surface area (Å²) in [5, 5.41) is 6.53. The number of anilines is 1. The molecule has 34 heavy (non-hydrogen) atoms. The number of amides is 2. The maximum Gasteiger partial charge on any atom is 0.238 e. The smallest absolute Gasteiger partial charge is 0.238 e. The predicted octanol–water partition coefficient (Wildman–Crippen LogP) is 4.39. The predicted molar refractivity (Wildman–Crippen MR) is 133 cm³/mol. The van der Waals surface area contributed by atoms with Crippen LogP contribution in [0.1, 0.15) is 68.2 Å². The first-order chi connectivity index (χ1) is 16.5. The number of aryl methyl sites for hydroxylation is 1. The Kier molecular flexibility index (Phi) is 6.34. The lowest BCUT2D eigenvalue weighted by atomic mass is 9.88. The van der Waals surface area contributed by atoms with Crippen LogP contribution in [0.3, 0.4) is 0 Å². The van der Waals surface area contributed by atoms with E-state index >= 15 is 0 Å². The van der Waals surface area contributed by atoms with E-state index in [1.807, 2.05) is 24.3 Å². The number of carbonyl (C=O) groups excluding carboxylic acids is 2. The number of nitrogens with zero attached hydrogens (tertiary/aromatic N) is 1. The highest BCUT2D eigenvalue weighted by atomic mass is 16.5. The van der Waals surface area contributed by atoms with Gasteiger partial charge in [0.1, 0.15) is 5.75 Å². The van der Waals surface area contributed by atoms with Gasteiger partial charge in [-0.2, -0.15) is 0 Å². The topological polar surface area (TPSA) is 70.7 Å². The zero-order chi connectivity index (χ0) is 23.7. The van der Waals surface area contributed by atoms with Crippen LogP contribution in [-0.2, 0) is 22.4 Å². The van der Waals surface area contributed by atoms with Crippen molar-refractivity contribution in [3.63, 3.8) is 0 Å². The van der Waals surface area contributed by atoms with Crippen molar-refractivity contribution in [3.8, 4) is 5.75 Å². The van der Waals surface area contributed by atoms with Gasteiger partial charge in [0.05, 0.1) is 19.2 Å². The van der Waals surface area contributed by atoms with Gasteiger partial charge in [0.2, 0.25) is 11.8 Å². The molecule has 5 rings (SSSR count). The molecule has 0 radical (unpaired) electrons. The number of ether oxygens (including phenoxy) is 1. The zero-order valence-electron chi connectivity index (χ0n) is 20.2. The Balaban J connectivity index is 1.41. The first-order valence-corrected chi connectivity index (χ1v) is 12.6. The largest absolute Gasteiger partial charge is 0.497 e. The van der Waals surface area contributed by atoms with Gasteiger partial charge in [-0.1, -0.05) is 24.3 Å². The molecule has 0 aromatic heterocycles. The quantitative estimate of drug-likeness (QED) is 0.693. The van der Waals surface area contributed by atoms with Crippen LogP contribution in [0.4, 0.5) is 5.69 Å². The summed E-state index contributed by atoms with van der Waals surface area (Å²) in [6, 6.07) is 14.5. The van der Waals surface area contributed by atoms with Gasteiger partial charge >= 0.3 is 0 Å². The molecular weight excluding hydrogens is 426 g/mol. The second-order valence-electron chi connectivity index (χ2n) is 10.2. The second kappa shape index (κ2) is 9.41. The minimum atomic E-state index is -0.357. The Bertz CT molecular complexity index is 1070. The third kappa shape index (κ3) is 4.43. The fourth-order valence-corrected chi connectivity index (χ4v) is 6.30. The number of nitrogens with one attached hydrogen (secondary N) is 2. The summed E-state index contributed by atoms with van der Waals surface area (Å²) >= 11 is 0. The van der Waals surface area contributed by atoms with Crippen molar-refractivity contribution in [2.45, 2.75) is 75.9 Å². The number of rotatable bonds is 5. The Morgan fingerprint density at radius 3 is 2.71 bits per heavy atom. The van der Waals surface area contributed by atoms with Crippen LogP contribution in [0.5, 0.6) is 5.75 Å². The molecule has 3 aliphatic rings. The van der Waals surface area contributed by atoms with Gasteiger partial charge in [-0.3, -0.25) is 14.5 Å². The van der Waals surface area contributed by atoms with Crippen molar-refractivity contribution < 1.29 is 14.3 Å². The summed E-state index contributed by atoms with van der Waals surface area (Å²) in [4.78, 5) is 28.2. The van der Waals surface area contributed by atoms with Gasteiger partial charge in [0.15, 0.2) is 0 Å². The van der Waals surface area contributed by atoms with E-state index in [-0.39, 0.29) is 29.4 Å². The minimum Gasteiger partial charge on any atom is -0.497 e. The molecule has 180 valence electrons. The summed E-state index contributed by atoms with van der Waals surface area (Å²) in [7, 11) is 1.66. The minimum absolute atomic E-state index is 0.0114. The maximum absolute atomic E-state index is 13.4. The van der Waals surface area contributed by atoms with Crippen LogP contribution in [-0.4, -0.2) is 41.9 Å².